The van der Waals surface area contributed by atoms with E-state index in [-0.39, 0.29) is 27.4 Å². The molecule has 4 aromatic rings. The van der Waals surface area contributed by atoms with E-state index in [1.165, 1.54) is 18.0 Å². The molecule has 0 spiro atoms. The molecule has 1 aliphatic rings. The predicted octanol–water partition coefficient (Wildman–Crippen LogP) is 5.51. The fraction of sp³-hybridized carbons (Fsp3) is 0.250. The number of alkyl halides is 2. The number of nitrogens with zero attached hydrogens (tertiary/aromatic N) is 1. The van der Waals surface area contributed by atoms with Crippen LogP contribution in [0.25, 0.3) is 21.7 Å². The van der Waals surface area contributed by atoms with Crippen LogP contribution in [0.3, 0.4) is 0 Å². The quantitative estimate of drug-likeness (QED) is 0.384. The Kier molecular flexibility index (Phi) is 5.18. The summed E-state index contributed by atoms with van der Waals surface area (Å²) in [6.07, 6.45) is -1.37. The molecular formula is C24H18F5N3O2. The van der Waals surface area contributed by atoms with Crippen LogP contribution in [0.2, 0.25) is 0 Å². The molecule has 0 aliphatic heterocycles. The number of aryl methyl sites for hydroxylation is 1. The monoisotopic (exact) mass is 475 g/mol. The zero-order chi connectivity index (χ0) is 24.3. The van der Waals surface area contributed by atoms with Crippen LogP contribution in [0.1, 0.15) is 52.6 Å². The van der Waals surface area contributed by atoms with Gasteiger partial charge >= 0.3 is 0 Å². The highest BCUT2D eigenvalue weighted by Crippen LogP contribution is 2.38. The lowest BCUT2D eigenvalue weighted by Gasteiger charge is -2.33. The standard InChI is InChI=1S/C24H18F5N3O2/c1-32(24(34)19-6-10-5-14(25)13(22(28)29)9-18(10)30-19)20-4-2-3-17-21(20)11-7-15(26)16(27)8-12(11)23(33)31-17/h5-9,20,22,30H,2-4H2,1H3,(H,31,33)/t20-/m0/s1. The highest BCUT2D eigenvalue weighted by molar-refractivity contribution is 5.98. The smallest absolute Gasteiger partial charge is 0.270 e. The Bertz CT molecular complexity index is 1530. The lowest BCUT2D eigenvalue weighted by atomic mass is 9.86. The number of rotatable bonds is 3. The molecule has 5 nitrogen and oxygen atoms in total. The van der Waals surface area contributed by atoms with E-state index < -0.39 is 46.9 Å². The van der Waals surface area contributed by atoms with Gasteiger partial charge in [-0.05, 0) is 55.0 Å². The van der Waals surface area contributed by atoms with E-state index in [1.54, 1.807) is 0 Å². The number of halogens is 5. The van der Waals surface area contributed by atoms with E-state index in [0.717, 1.165) is 24.3 Å². The minimum absolute atomic E-state index is 0.0222. The molecule has 2 aromatic carbocycles. The number of nitrogens with one attached hydrogen (secondary N) is 2. The third-order valence-electron chi connectivity index (χ3n) is 6.41. The first-order valence-electron chi connectivity index (χ1n) is 10.6. The molecule has 0 fully saturated rings. The molecule has 5 rings (SSSR count). The van der Waals surface area contributed by atoms with Crippen LogP contribution in [-0.4, -0.2) is 27.8 Å². The molecule has 0 bridgehead atoms. The van der Waals surface area contributed by atoms with Crippen LogP contribution in [0.5, 0.6) is 0 Å². The Morgan fingerprint density at radius 3 is 2.41 bits per heavy atom. The normalized spacial score (nSPS) is 15.8. The zero-order valence-electron chi connectivity index (χ0n) is 17.8. The van der Waals surface area contributed by atoms with Gasteiger partial charge in [0.25, 0.3) is 17.9 Å². The summed E-state index contributed by atoms with van der Waals surface area (Å²) < 4.78 is 67.9. The SMILES string of the molecule is CN(C(=O)c1cc2cc(F)c(C(F)F)cc2[nH]1)[C@H]1CCCc2[nH]c(=O)c3cc(F)c(F)cc3c21. The minimum atomic E-state index is -3.01. The highest BCUT2D eigenvalue weighted by Gasteiger charge is 2.31. The Labute approximate surface area is 189 Å². The molecule has 2 heterocycles. The van der Waals surface area contributed by atoms with Gasteiger partial charge in [-0.2, -0.15) is 0 Å². The van der Waals surface area contributed by atoms with Crippen molar-refractivity contribution in [3.8, 4) is 0 Å². The summed E-state index contributed by atoms with van der Waals surface area (Å²) in [5, 5.41) is 0.461. The van der Waals surface area contributed by atoms with E-state index in [9.17, 15) is 31.5 Å². The maximum atomic E-state index is 14.1. The number of H-pyrrole nitrogens is 2. The second kappa shape index (κ2) is 7.96. The first-order chi connectivity index (χ1) is 16.2. The Balaban J connectivity index is 1.58. The van der Waals surface area contributed by atoms with Gasteiger partial charge in [0.15, 0.2) is 11.6 Å². The van der Waals surface area contributed by atoms with Crippen LogP contribution in [0.4, 0.5) is 22.0 Å². The van der Waals surface area contributed by atoms with Gasteiger partial charge in [0.1, 0.15) is 11.5 Å². The summed E-state index contributed by atoms with van der Waals surface area (Å²) in [7, 11) is 1.52. The second-order valence-corrected chi connectivity index (χ2v) is 8.43. The largest absolute Gasteiger partial charge is 0.351 e. The second-order valence-electron chi connectivity index (χ2n) is 8.43. The van der Waals surface area contributed by atoms with Crippen LogP contribution < -0.4 is 5.56 Å². The van der Waals surface area contributed by atoms with Gasteiger partial charge in [-0.1, -0.05) is 0 Å². The average molecular weight is 475 g/mol. The fourth-order valence-electron chi connectivity index (χ4n) is 4.76. The van der Waals surface area contributed by atoms with E-state index in [2.05, 4.69) is 9.97 Å². The van der Waals surface area contributed by atoms with Crippen molar-refractivity contribution in [3.63, 3.8) is 0 Å². The van der Waals surface area contributed by atoms with Crippen molar-refractivity contribution < 1.29 is 26.7 Å². The molecule has 0 unspecified atom stereocenters. The van der Waals surface area contributed by atoms with E-state index in [1.807, 2.05) is 0 Å². The molecule has 1 atom stereocenters. The predicted molar refractivity (Wildman–Crippen MR) is 115 cm³/mol. The van der Waals surface area contributed by atoms with Crippen molar-refractivity contribution in [2.75, 3.05) is 7.05 Å². The molecule has 2 aromatic heterocycles. The molecule has 10 heteroatoms. The molecule has 0 saturated carbocycles. The van der Waals surface area contributed by atoms with Crippen molar-refractivity contribution in [2.24, 2.45) is 0 Å². The first-order valence-corrected chi connectivity index (χ1v) is 10.6. The van der Waals surface area contributed by atoms with E-state index in [0.29, 0.717) is 30.5 Å². The Morgan fingerprint density at radius 2 is 1.71 bits per heavy atom. The maximum absolute atomic E-state index is 14.1. The first kappa shape index (κ1) is 22.1. The third kappa shape index (κ3) is 3.44. The van der Waals surface area contributed by atoms with Crippen molar-refractivity contribution in [2.45, 2.75) is 31.7 Å². The van der Waals surface area contributed by atoms with Crippen molar-refractivity contribution in [1.82, 2.24) is 14.9 Å². The summed E-state index contributed by atoms with van der Waals surface area (Å²) in [4.78, 5) is 32.6. The van der Waals surface area contributed by atoms with Crippen molar-refractivity contribution in [1.29, 1.82) is 0 Å². The van der Waals surface area contributed by atoms with Crippen LogP contribution in [0.15, 0.2) is 35.1 Å². The Morgan fingerprint density at radius 1 is 1.00 bits per heavy atom. The molecule has 0 radical (unpaired) electrons. The van der Waals surface area contributed by atoms with Gasteiger partial charge in [0.2, 0.25) is 0 Å². The third-order valence-corrected chi connectivity index (χ3v) is 6.41. The zero-order valence-corrected chi connectivity index (χ0v) is 17.8. The van der Waals surface area contributed by atoms with Gasteiger partial charge in [-0.3, -0.25) is 9.59 Å². The average Bonchev–Trinajstić information content (AvgIpc) is 3.21. The number of benzene rings is 2. The molecule has 1 aliphatic carbocycles. The summed E-state index contributed by atoms with van der Waals surface area (Å²) in [5.74, 6) is -3.83. The number of carbonyl (C=O) groups excluding carboxylic acids is 1. The topological polar surface area (TPSA) is 69.0 Å². The lowest BCUT2D eigenvalue weighted by molar-refractivity contribution is 0.0710. The van der Waals surface area contributed by atoms with Crippen LogP contribution in [0, 0.1) is 17.5 Å². The molecule has 0 saturated heterocycles. The maximum Gasteiger partial charge on any atom is 0.270 e. The molecule has 176 valence electrons. The number of hydrogen-bond donors (Lipinski definition) is 2. The van der Waals surface area contributed by atoms with Gasteiger partial charge in [0, 0.05) is 29.2 Å². The van der Waals surface area contributed by atoms with E-state index >= 15 is 0 Å². The molecule has 34 heavy (non-hydrogen) atoms. The summed E-state index contributed by atoms with van der Waals surface area (Å²) in [6.45, 7) is 0. The van der Waals surface area contributed by atoms with Crippen LogP contribution in [-0.2, 0) is 6.42 Å². The van der Waals surface area contributed by atoms with E-state index in [4.69, 9.17) is 0 Å². The highest BCUT2D eigenvalue weighted by atomic mass is 19.3. The summed E-state index contributed by atoms with van der Waals surface area (Å²) >= 11 is 0. The van der Waals surface area contributed by atoms with Gasteiger partial charge in [-0.15, -0.1) is 0 Å². The number of fused-ring (bicyclic) bond motifs is 4. The number of pyridine rings is 1. The van der Waals surface area contributed by atoms with Crippen molar-refractivity contribution >= 4 is 27.6 Å². The lowest BCUT2D eigenvalue weighted by Crippen LogP contribution is -2.34. The number of hydrogen-bond acceptors (Lipinski definition) is 2. The Hall–Kier alpha value is -3.69. The molecule has 1 amide bonds. The summed E-state index contributed by atoms with van der Waals surface area (Å²) in [5.41, 5.74) is -0.00832. The van der Waals surface area contributed by atoms with Gasteiger partial charge < -0.3 is 14.9 Å². The molecule has 2 N–H and O–H groups in total. The number of carbonyl (C=O) groups is 1. The van der Waals surface area contributed by atoms with Gasteiger partial charge in [-0.25, -0.2) is 22.0 Å². The summed E-state index contributed by atoms with van der Waals surface area (Å²) in [6, 6.07) is 4.51. The number of amides is 1. The number of aromatic nitrogens is 2. The molecular weight excluding hydrogens is 457 g/mol. The van der Waals surface area contributed by atoms with Crippen molar-refractivity contribution in [3.05, 3.63) is 80.7 Å². The van der Waals surface area contributed by atoms with Gasteiger partial charge in [0.05, 0.1) is 17.0 Å². The fourth-order valence-corrected chi connectivity index (χ4v) is 4.76. The van der Waals surface area contributed by atoms with Crippen LogP contribution >= 0.6 is 0 Å². The number of aromatic amines is 2. The minimum Gasteiger partial charge on any atom is -0.351 e.